The van der Waals surface area contributed by atoms with Gasteiger partial charge in [0, 0.05) is 32.6 Å². The van der Waals surface area contributed by atoms with E-state index < -0.39 is 0 Å². The summed E-state index contributed by atoms with van der Waals surface area (Å²) in [7, 11) is 1.43. The lowest BCUT2D eigenvalue weighted by atomic mass is 10.1. The molecular formula is C37H69NO7. The summed E-state index contributed by atoms with van der Waals surface area (Å²) < 4.78 is 22.2. The van der Waals surface area contributed by atoms with E-state index in [2.05, 4.69) is 47.8 Å². The Bertz CT molecular complexity index is 689. The minimum absolute atomic E-state index is 0.128. The lowest BCUT2D eigenvalue weighted by molar-refractivity contribution is -0.159. The van der Waals surface area contributed by atoms with Crippen LogP contribution in [0, 0.1) is 0 Å². The predicted octanol–water partition coefficient (Wildman–Crippen LogP) is 8.31. The number of esters is 2. The molecule has 1 N–H and O–H groups in total. The van der Waals surface area contributed by atoms with Crippen molar-refractivity contribution >= 4 is 11.9 Å². The second kappa shape index (κ2) is 35.1. The van der Waals surface area contributed by atoms with Gasteiger partial charge in [0.15, 0.2) is 6.29 Å². The lowest BCUT2D eigenvalue weighted by Crippen LogP contribution is -2.29. The van der Waals surface area contributed by atoms with Gasteiger partial charge in [-0.2, -0.15) is 0 Å². The number of aliphatic hydroxyl groups is 1. The smallest absolute Gasteiger partial charge is 0.305 e. The number of carbonyl (C=O) groups excluding carboxylic acids is 2. The predicted molar refractivity (Wildman–Crippen MR) is 184 cm³/mol. The fraction of sp³-hybridized carbons (Fsp3) is 0.838. The SMILES string of the molecule is CC/C=C\CCCCOC(CCC(=O)OCCCCCCN(CCO)CCCCCCCC(=O)OC)OCCCC/C=C\CC. The van der Waals surface area contributed by atoms with E-state index in [1.165, 1.54) is 7.11 Å². The van der Waals surface area contributed by atoms with E-state index in [1.54, 1.807) is 0 Å². The highest BCUT2D eigenvalue weighted by Crippen LogP contribution is 2.11. The first-order valence-corrected chi connectivity index (χ1v) is 18.2. The van der Waals surface area contributed by atoms with Gasteiger partial charge in [0.2, 0.25) is 0 Å². The van der Waals surface area contributed by atoms with Gasteiger partial charge in [0.25, 0.3) is 0 Å². The van der Waals surface area contributed by atoms with Crippen molar-refractivity contribution in [2.75, 3.05) is 53.2 Å². The minimum Gasteiger partial charge on any atom is -0.469 e. The van der Waals surface area contributed by atoms with Crippen molar-refractivity contribution in [2.24, 2.45) is 0 Å². The van der Waals surface area contributed by atoms with Crippen molar-refractivity contribution in [3.05, 3.63) is 24.3 Å². The van der Waals surface area contributed by atoms with Crippen LogP contribution in [0.4, 0.5) is 0 Å². The second-order valence-corrected chi connectivity index (χ2v) is 11.8. The van der Waals surface area contributed by atoms with Crippen LogP contribution < -0.4 is 0 Å². The summed E-state index contributed by atoms with van der Waals surface area (Å²) in [5.41, 5.74) is 0. The van der Waals surface area contributed by atoms with Crippen molar-refractivity contribution in [3.8, 4) is 0 Å². The molecule has 0 radical (unpaired) electrons. The highest BCUT2D eigenvalue weighted by molar-refractivity contribution is 5.69. The molecule has 0 heterocycles. The molecule has 0 saturated carbocycles. The van der Waals surface area contributed by atoms with E-state index in [4.69, 9.17) is 14.2 Å². The molecule has 0 aromatic heterocycles. The zero-order valence-corrected chi connectivity index (χ0v) is 29.3. The highest BCUT2D eigenvalue weighted by Gasteiger charge is 2.13. The molecule has 0 saturated heterocycles. The third kappa shape index (κ3) is 32.0. The number of aliphatic hydroxyl groups excluding tert-OH is 1. The molecule has 0 aromatic rings. The Labute approximate surface area is 276 Å². The zero-order chi connectivity index (χ0) is 33.1. The monoisotopic (exact) mass is 640 g/mol. The standard InChI is InChI=1S/C37H69NO7/c1-4-6-8-10-16-23-33-44-37(45-34-24-17-11-9-7-5-2)27-26-36(41)43-32-22-18-15-21-29-38(30-31-39)28-20-14-12-13-19-25-35(40)42-3/h6-9,37,39H,4-5,10-34H2,1-3H3/b8-6-,9-7-. The summed E-state index contributed by atoms with van der Waals surface area (Å²) in [5.74, 6) is -0.308. The largest absolute Gasteiger partial charge is 0.469 e. The van der Waals surface area contributed by atoms with E-state index in [0.717, 1.165) is 122 Å². The molecule has 0 atom stereocenters. The second-order valence-electron chi connectivity index (χ2n) is 11.8. The first kappa shape index (κ1) is 43.3. The summed E-state index contributed by atoms with van der Waals surface area (Å²) in [6, 6.07) is 0. The molecule has 0 bridgehead atoms. The van der Waals surface area contributed by atoms with Gasteiger partial charge in [-0.05, 0) is 90.1 Å². The quantitative estimate of drug-likeness (QED) is 0.0325. The van der Waals surface area contributed by atoms with Gasteiger partial charge in [0.1, 0.15) is 0 Å². The fourth-order valence-corrected chi connectivity index (χ4v) is 4.94. The van der Waals surface area contributed by atoms with E-state index >= 15 is 0 Å². The van der Waals surface area contributed by atoms with E-state index in [9.17, 15) is 14.7 Å². The molecule has 8 heteroatoms. The maximum atomic E-state index is 12.4. The first-order valence-electron chi connectivity index (χ1n) is 18.2. The fourth-order valence-electron chi connectivity index (χ4n) is 4.94. The molecule has 45 heavy (non-hydrogen) atoms. The molecule has 0 aliphatic carbocycles. The van der Waals surface area contributed by atoms with Gasteiger partial charge < -0.3 is 29.0 Å². The summed E-state index contributed by atoms with van der Waals surface area (Å²) in [6.07, 6.45) is 27.7. The van der Waals surface area contributed by atoms with Crippen LogP contribution in [0.1, 0.15) is 142 Å². The molecule has 0 amide bonds. The molecule has 264 valence electrons. The first-order chi connectivity index (χ1) is 22.1. The topological polar surface area (TPSA) is 94.5 Å². The van der Waals surface area contributed by atoms with Gasteiger partial charge in [0.05, 0.1) is 26.7 Å². The molecule has 0 aliphatic heterocycles. The average Bonchev–Trinajstić information content (AvgIpc) is 3.04. The van der Waals surface area contributed by atoms with Crippen molar-refractivity contribution in [1.82, 2.24) is 4.90 Å². The minimum atomic E-state index is -0.358. The van der Waals surface area contributed by atoms with Crippen LogP contribution >= 0.6 is 0 Å². The number of unbranched alkanes of at least 4 members (excludes halogenated alkanes) is 11. The van der Waals surface area contributed by atoms with Crippen LogP contribution in [-0.4, -0.2) is 81.4 Å². The zero-order valence-electron chi connectivity index (χ0n) is 29.3. The van der Waals surface area contributed by atoms with Crippen molar-refractivity contribution in [2.45, 2.75) is 149 Å². The number of rotatable bonds is 34. The summed E-state index contributed by atoms with van der Waals surface area (Å²) >= 11 is 0. The molecule has 0 rings (SSSR count). The normalized spacial score (nSPS) is 11.9. The third-order valence-electron chi connectivity index (χ3n) is 7.66. The number of methoxy groups -OCH3 is 1. The summed E-state index contributed by atoms with van der Waals surface area (Å²) in [4.78, 5) is 25.9. The number of nitrogens with zero attached hydrogens (tertiary/aromatic N) is 1. The summed E-state index contributed by atoms with van der Waals surface area (Å²) in [6.45, 7) is 8.91. The van der Waals surface area contributed by atoms with Gasteiger partial charge >= 0.3 is 11.9 Å². The average molecular weight is 640 g/mol. The van der Waals surface area contributed by atoms with Crippen molar-refractivity contribution in [3.63, 3.8) is 0 Å². The number of allylic oxidation sites excluding steroid dienone is 4. The Morgan fingerprint density at radius 3 is 1.71 bits per heavy atom. The van der Waals surface area contributed by atoms with Gasteiger partial charge in [-0.25, -0.2) is 0 Å². The number of hydrogen-bond acceptors (Lipinski definition) is 8. The molecule has 8 nitrogen and oxygen atoms in total. The van der Waals surface area contributed by atoms with Gasteiger partial charge in [-0.15, -0.1) is 0 Å². The van der Waals surface area contributed by atoms with E-state index in [-0.39, 0.29) is 24.8 Å². The van der Waals surface area contributed by atoms with Crippen LogP contribution in [0.3, 0.4) is 0 Å². The Balaban J connectivity index is 4.08. The van der Waals surface area contributed by atoms with Crippen LogP contribution in [0.5, 0.6) is 0 Å². The van der Waals surface area contributed by atoms with Crippen molar-refractivity contribution in [1.29, 1.82) is 0 Å². The lowest BCUT2D eigenvalue weighted by Gasteiger charge is -2.21. The Morgan fingerprint density at radius 1 is 0.622 bits per heavy atom. The van der Waals surface area contributed by atoms with Crippen LogP contribution in [0.15, 0.2) is 24.3 Å². The Kier molecular flexibility index (Phi) is 33.8. The highest BCUT2D eigenvalue weighted by atomic mass is 16.7. The van der Waals surface area contributed by atoms with E-state index in [1.807, 2.05) is 0 Å². The summed E-state index contributed by atoms with van der Waals surface area (Å²) in [5, 5.41) is 9.41. The molecule has 0 unspecified atom stereocenters. The maximum Gasteiger partial charge on any atom is 0.305 e. The number of ether oxygens (including phenoxy) is 4. The molecule has 0 spiro atoms. The van der Waals surface area contributed by atoms with E-state index in [0.29, 0.717) is 45.6 Å². The maximum absolute atomic E-state index is 12.4. The third-order valence-corrected chi connectivity index (χ3v) is 7.66. The van der Waals surface area contributed by atoms with Gasteiger partial charge in [-0.1, -0.05) is 70.3 Å². The van der Waals surface area contributed by atoms with Crippen LogP contribution in [-0.2, 0) is 28.5 Å². The Morgan fingerprint density at radius 2 is 1.16 bits per heavy atom. The Hall–Kier alpha value is -1.74. The van der Waals surface area contributed by atoms with Crippen LogP contribution in [0.25, 0.3) is 0 Å². The van der Waals surface area contributed by atoms with Crippen LogP contribution in [0.2, 0.25) is 0 Å². The van der Waals surface area contributed by atoms with Gasteiger partial charge in [-0.3, -0.25) is 9.59 Å². The number of hydrogen-bond donors (Lipinski definition) is 1. The molecular weight excluding hydrogens is 570 g/mol. The van der Waals surface area contributed by atoms with Crippen molar-refractivity contribution < 1.29 is 33.6 Å². The molecule has 0 aliphatic rings. The molecule has 0 fully saturated rings. The molecule has 0 aromatic carbocycles. The number of carbonyl (C=O) groups is 2.